The summed E-state index contributed by atoms with van der Waals surface area (Å²) in [6.07, 6.45) is -5.11. The van der Waals surface area contributed by atoms with Crippen molar-refractivity contribution in [2.45, 2.75) is 37.6 Å². The molecule has 1 heterocycles. The van der Waals surface area contributed by atoms with Gasteiger partial charge in [-0.2, -0.15) is 0 Å². The highest BCUT2D eigenvalue weighted by atomic mass is 32.1. The molecule has 2 rings (SSSR count). The first kappa shape index (κ1) is 17.1. The average Bonchev–Trinajstić information content (AvgIpc) is 2.49. The van der Waals surface area contributed by atoms with Gasteiger partial charge >= 0.3 is 0 Å². The summed E-state index contributed by atoms with van der Waals surface area (Å²) in [5, 5.41) is 44.5. The fourth-order valence-electron chi connectivity index (χ4n) is 2.21. The quantitative estimate of drug-likeness (QED) is 0.395. The molecular weight excluding hydrogens is 308 g/mol. The molecule has 1 aliphatic rings. The summed E-state index contributed by atoms with van der Waals surface area (Å²) in [6.45, 7) is 1.46. The number of rotatable bonds is 3. The van der Waals surface area contributed by atoms with Gasteiger partial charge in [-0.1, -0.05) is 17.7 Å². The van der Waals surface area contributed by atoms with Crippen LogP contribution in [0, 0.1) is 6.92 Å². The minimum absolute atomic E-state index is 0.171. The third-order valence-electron chi connectivity index (χ3n) is 3.51. The summed E-state index contributed by atoms with van der Waals surface area (Å²) in [5.74, 6) is 0. The maximum atomic E-state index is 10.0. The molecule has 1 aromatic rings. The first-order chi connectivity index (χ1) is 10.4. The number of aliphatic hydroxyl groups is 4. The lowest BCUT2D eigenvalue weighted by atomic mass is 9.97. The Bertz CT molecular complexity index is 512. The van der Waals surface area contributed by atoms with Crippen molar-refractivity contribution in [1.29, 1.82) is 0 Å². The number of hydrogen-bond donors (Lipinski definition) is 6. The molecule has 0 radical (unpaired) electrons. The number of hydrogen-bond acceptors (Lipinski definition) is 6. The lowest BCUT2D eigenvalue weighted by Crippen LogP contribution is -2.64. The summed E-state index contributed by atoms with van der Waals surface area (Å²) < 4.78 is 5.04. The van der Waals surface area contributed by atoms with Crippen LogP contribution in [0.5, 0.6) is 0 Å². The molecule has 1 unspecified atom stereocenters. The minimum Gasteiger partial charge on any atom is -0.394 e. The van der Waals surface area contributed by atoms with Crippen LogP contribution in [0.4, 0.5) is 5.69 Å². The molecule has 0 spiro atoms. The highest BCUT2D eigenvalue weighted by Crippen LogP contribution is 2.20. The van der Waals surface area contributed by atoms with Gasteiger partial charge in [0.25, 0.3) is 0 Å². The molecule has 0 saturated carbocycles. The molecule has 0 amide bonds. The molecule has 1 fully saturated rings. The Morgan fingerprint density at radius 2 is 1.82 bits per heavy atom. The zero-order chi connectivity index (χ0) is 16.3. The standard InChI is InChI=1S/C14H20N2O5S/c1-7-2-4-8(5-3-7)15-14(22)16-10-12(19)11(18)9(6-17)21-13(10)20/h2-5,9-13,17-20H,6H2,1H3,(H2,15,16,22)/t9-,10-,11-,12-,13?/m1/s1. The predicted octanol–water partition coefficient (Wildman–Crippen LogP) is -0.919. The van der Waals surface area contributed by atoms with Gasteiger partial charge in [-0.25, -0.2) is 0 Å². The van der Waals surface area contributed by atoms with Gasteiger partial charge in [0, 0.05) is 5.69 Å². The van der Waals surface area contributed by atoms with Gasteiger partial charge in [0.2, 0.25) is 0 Å². The molecule has 6 N–H and O–H groups in total. The number of aryl methyl sites for hydroxylation is 1. The molecule has 1 aliphatic heterocycles. The number of nitrogens with one attached hydrogen (secondary N) is 2. The van der Waals surface area contributed by atoms with Crippen LogP contribution >= 0.6 is 12.2 Å². The van der Waals surface area contributed by atoms with E-state index < -0.39 is 37.3 Å². The number of aliphatic hydroxyl groups excluding tert-OH is 4. The van der Waals surface area contributed by atoms with E-state index in [4.69, 9.17) is 22.1 Å². The van der Waals surface area contributed by atoms with Crippen molar-refractivity contribution >= 4 is 23.0 Å². The number of anilines is 1. The zero-order valence-corrected chi connectivity index (χ0v) is 12.8. The van der Waals surface area contributed by atoms with Gasteiger partial charge in [0.1, 0.15) is 24.4 Å². The number of benzene rings is 1. The maximum absolute atomic E-state index is 10.0. The molecule has 1 saturated heterocycles. The van der Waals surface area contributed by atoms with E-state index in [1.54, 1.807) is 0 Å². The maximum Gasteiger partial charge on any atom is 0.178 e. The summed E-state index contributed by atoms with van der Waals surface area (Å²) in [4.78, 5) is 0. The van der Waals surface area contributed by atoms with E-state index in [2.05, 4.69) is 10.6 Å². The fraction of sp³-hybridized carbons (Fsp3) is 0.500. The van der Waals surface area contributed by atoms with E-state index in [0.29, 0.717) is 0 Å². The lowest BCUT2D eigenvalue weighted by Gasteiger charge is -2.40. The summed E-state index contributed by atoms with van der Waals surface area (Å²) in [6, 6.07) is 6.49. The largest absolute Gasteiger partial charge is 0.394 e. The van der Waals surface area contributed by atoms with Crippen molar-refractivity contribution in [2.24, 2.45) is 0 Å². The molecule has 0 bridgehead atoms. The highest BCUT2D eigenvalue weighted by Gasteiger charge is 2.43. The summed E-state index contributed by atoms with van der Waals surface area (Å²) in [5.41, 5.74) is 1.85. The Hall–Kier alpha value is -1.29. The van der Waals surface area contributed by atoms with E-state index in [1.165, 1.54) is 0 Å². The normalized spacial score (nSPS) is 31.6. The lowest BCUT2D eigenvalue weighted by molar-refractivity contribution is -0.251. The van der Waals surface area contributed by atoms with E-state index in [-0.39, 0.29) is 5.11 Å². The first-order valence-corrected chi connectivity index (χ1v) is 7.28. The van der Waals surface area contributed by atoms with Crippen molar-refractivity contribution in [3.63, 3.8) is 0 Å². The molecule has 0 aromatic heterocycles. The van der Waals surface area contributed by atoms with Crippen molar-refractivity contribution in [3.05, 3.63) is 29.8 Å². The van der Waals surface area contributed by atoms with Crippen LogP contribution in [0.15, 0.2) is 24.3 Å². The van der Waals surface area contributed by atoms with Gasteiger partial charge in [-0.3, -0.25) is 0 Å². The Morgan fingerprint density at radius 1 is 1.18 bits per heavy atom. The van der Waals surface area contributed by atoms with Crippen LogP contribution in [-0.2, 0) is 4.74 Å². The average molecular weight is 328 g/mol. The minimum atomic E-state index is -1.41. The van der Waals surface area contributed by atoms with E-state index in [9.17, 15) is 15.3 Å². The topological polar surface area (TPSA) is 114 Å². The van der Waals surface area contributed by atoms with Crippen molar-refractivity contribution in [2.75, 3.05) is 11.9 Å². The number of ether oxygens (including phenoxy) is 1. The molecule has 1 aromatic carbocycles. The van der Waals surface area contributed by atoms with Crippen molar-refractivity contribution in [1.82, 2.24) is 5.32 Å². The Balaban J connectivity index is 1.97. The summed E-state index contributed by atoms with van der Waals surface area (Å²) >= 11 is 5.12. The van der Waals surface area contributed by atoms with Gasteiger partial charge in [-0.15, -0.1) is 0 Å². The van der Waals surface area contributed by atoms with Crippen LogP contribution in [-0.4, -0.2) is 62.8 Å². The van der Waals surface area contributed by atoms with E-state index in [1.807, 2.05) is 31.2 Å². The Morgan fingerprint density at radius 3 is 2.41 bits per heavy atom. The van der Waals surface area contributed by atoms with E-state index >= 15 is 0 Å². The van der Waals surface area contributed by atoms with Crippen LogP contribution < -0.4 is 10.6 Å². The third kappa shape index (κ3) is 3.92. The van der Waals surface area contributed by atoms with E-state index in [0.717, 1.165) is 11.3 Å². The highest BCUT2D eigenvalue weighted by molar-refractivity contribution is 7.80. The SMILES string of the molecule is Cc1ccc(NC(=S)N[C@H]2C(O)O[C@H](CO)[C@@H](O)[C@@H]2O)cc1. The van der Waals surface area contributed by atoms with Crippen LogP contribution in [0.1, 0.15) is 5.56 Å². The van der Waals surface area contributed by atoms with Crippen molar-refractivity contribution in [3.8, 4) is 0 Å². The van der Waals surface area contributed by atoms with Gasteiger partial charge in [0.05, 0.1) is 6.61 Å². The molecule has 8 heteroatoms. The monoisotopic (exact) mass is 328 g/mol. The fourth-order valence-corrected chi connectivity index (χ4v) is 2.46. The Labute approximate surface area is 133 Å². The van der Waals surface area contributed by atoms with Gasteiger partial charge in [0.15, 0.2) is 11.4 Å². The third-order valence-corrected chi connectivity index (χ3v) is 3.73. The van der Waals surface area contributed by atoms with Gasteiger partial charge in [-0.05, 0) is 31.3 Å². The zero-order valence-electron chi connectivity index (χ0n) is 12.0. The Kier molecular flexibility index (Phi) is 5.68. The van der Waals surface area contributed by atoms with Crippen molar-refractivity contribution < 1.29 is 25.2 Å². The smallest absolute Gasteiger partial charge is 0.178 e. The molecule has 7 nitrogen and oxygen atoms in total. The van der Waals surface area contributed by atoms with Gasteiger partial charge < -0.3 is 35.8 Å². The second-order valence-corrected chi connectivity index (χ2v) is 5.63. The first-order valence-electron chi connectivity index (χ1n) is 6.87. The molecule has 5 atom stereocenters. The predicted molar refractivity (Wildman–Crippen MR) is 84.3 cm³/mol. The summed E-state index contributed by atoms with van der Waals surface area (Å²) in [7, 11) is 0. The van der Waals surface area contributed by atoms with Crippen LogP contribution in [0.3, 0.4) is 0 Å². The molecular formula is C14H20N2O5S. The second-order valence-electron chi connectivity index (χ2n) is 5.22. The molecule has 0 aliphatic carbocycles. The van der Waals surface area contributed by atoms with Crippen LogP contribution in [0.25, 0.3) is 0 Å². The second kappa shape index (κ2) is 7.32. The van der Waals surface area contributed by atoms with Crippen LogP contribution in [0.2, 0.25) is 0 Å². The molecule has 22 heavy (non-hydrogen) atoms. The number of thiocarbonyl (C=S) groups is 1. The molecule has 122 valence electrons.